The van der Waals surface area contributed by atoms with Gasteiger partial charge >= 0.3 is 0 Å². The van der Waals surface area contributed by atoms with Crippen molar-refractivity contribution in [3.63, 3.8) is 0 Å². The summed E-state index contributed by atoms with van der Waals surface area (Å²) in [5.74, 6) is -1.59. The number of amides is 2. The van der Waals surface area contributed by atoms with Crippen molar-refractivity contribution in [2.75, 3.05) is 18.5 Å². The van der Waals surface area contributed by atoms with Gasteiger partial charge in [-0.25, -0.2) is 4.39 Å². The van der Waals surface area contributed by atoms with E-state index in [0.717, 1.165) is 19.3 Å². The summed E-state index contributed by atoms with van der Waals surface area (Å²) in [6.07, 6.45) is 2.60. The van der Waals surface area contributed by atoms with Crippen LogP contribution in [-0.2, 0) is 16.6 Å². The average molecular weight is 470 g/mol. The van der Waals surface area contributed by atoms with E-state index in [1.54, 1.807) is 38.5 Å². The fraction of sp³-hybridized carbons (Fsp3) is 0.500. The van der Waals surface area contributed by atoms with Crippen LogP contribution in [0.3, 0.4) is 0 Å². The highest BCUT2D eigenvalue weighted by molar-refractivity contribution is 6.43. The Morgan fingerprint density at radius 2 is 1.82 bits per heavy atom. The Morgan fingerprint density at radius 1 is 1.15 bits per heavy atom. The van der Waals surface area contributed by atoms with E-state index in [4.69, 9.17) is 4.74 Å². The van der Waals surface area contributed by atoms with Gasteiger partial charge in [0.1, 0.15) is 5.82 Å². The van der Waals surface area contributed by atoms with E-state index < -0.39 is 17.6 Å². The number of Topliss-reactive ketones (excluding diaryl/α,β-unsaturated/α-hetero) is 1. The minimum Gasteiger partial charge on any atom is -0.381 e. The maximum absolute atomic E-state index is 13.6. The zero-order valence-electron chi connectivity index (χ0n) is 20.4. The van der Waals surface area contributed by atoms with Gasteiger partial charge in [-0.1, -0.05) is 6.92 Å². The van der Waals surface area contributed by atoms with Crippen LogP contribution in [0.4, 0.5) is 10.1 Å². The van der Waals surface area contributed by atoms with E-state index >= 15 is 0 Å². The molecule has 2 amide bonds. The molecule has 34 heavy (non-hydrogen) atoms. The topological polar surface area (TPSA) is 89.4 Å². The quantitative estimate of drug-likeness (QED) is 0.514. The van der Waals surface area contributed by atoms with E-state index in [9.17, 15) is 18.8 Å². The lowest BCUT2D eigenvalue weighted by Gasteiger charge is -2.57. The van der Waals surface area contributed by atoms with Gasteiger partial charge < -0.3 is 19.9 Å². The van der Waals surface area contributed by atoms with Crippen molar-refractivity contribution < 1.29 is 23.5 Å². The number of hydrogen-bond acceptors (Lipinski definition) is 4. The molecule has 0 radical (unpaired) electrons. The maximum atomic E-state index is 13.6. The third kappa shape index (κ3) is 3.94. The van der Waals surface area contributed by atoms with Crippen LogP contribution in [0.15, 0.2) is 18.2 Å². The zero-order valence-corrected chi connectivity index (χ0v) is 20.4. The minimum atomic E-state index is -0.651. The van der Waals surface area contributed by atoms with E-state index in [1.807, 2.05) is 0 Å². The first-order valence-corrected chi connectivity index (χ1v) is 11.7. The van der Waals surface area contributed by atoms with Crippen LogP contribution in [0.5, 0.6) is 0 Å². The van der Waals surface area contributed by atoms with Crippen molar-refractivity contribution >= 4 is 23.3 Å². The molecule has 2 aliphatic rings. The number of ketones is 1. The van der Waals surface area contributed by atoms with Crippen LogP contribution in [0.1, 0.15) is 63.9 Å². The Kier molecular flexibility index (Phi) is 6.38. The summed E-state index contributed by atoms with van der Waals surface area (Å²) in [7, 11) is 1.67. The van der Waals surface area contributed by atoms with Crippen LogP contribution < -0.4 is 10.6 Å². The molecule has 0 bridgehead atoms. The monoisotopic (exact) mass is 469 g/mol. The summed E-state index contributed by atoms with van der Waals surface area (Å²) >= 11 is 0. The molecule has 4 rings (SSSR count). The fourth-order valence-electron chi connectivity index (χ4n) is 5.68. The number of aryl methyl sites for hydroxylation is 1. The van der Waals surface area contributed by atoms with Crippen molar-refractivity contribution in [3.05, 3.63) is 52.1 Å². The molecule has 182 valence electrons. The highest BCUT2D eigenvalue weighted by Crippen LogP contribution is 2.53. The van der Waals surface area contributed by atoms with Crippen LogP contribution in [0, 0.1) is 37.9 Å². The minimum absolute atomic E-state index is 0.00824. The molecular weight excluding hydrogens is 437 g/mol. The molecule has 1 aliphatic carbocycles. The smallest absolute Gasteiger partial charge is 0.294 e. The molecule has 1 aliphatic heterocycles. The third-order valence-electron chi connectivity index (χ3n) is 7.99. The number of benzene rings is 1. The van der Waals surface area contributed by atoms with E-state index in [2.05, 4.69) is 17.6 Å². The van der Waals surface area contributed by atoms with Crippen molar-refractivity contribution in [2.24, 2.45) is 18.4 Å². The molecule has 2 aromatic rings. The SMILES string of the molecule is Cc1cc(NC(=O)c2c(C)c(C(=O)C(=O)N[C@H]3C[C@H](C)C34CCOCC4)n(C)c2C)ccc1F. The second-order valence-electron chi connectivity index (χ2n) is 9.75. The van der Waals surface area contributed by atoms with Gasteiger partial charge in [0.25, 0.3) is 17.6 Å². The second kappa shape index (κ2) is 8.98. The largest absolute Gasteiger partial charge is 0.381 e. The summed E-state index contributed by atoms with van der Waals surface area (Å²) < 4.78 is 20.7. The fourth-order valence-corrected chi connectivity index (χ4v) is 5.68. The molecule has 1 aromatic heterocycles. The van der Waals surface area contributed by atoms with Gasteiger partial charge in [0.05, 0.1) is 11.3 Å². The highest BCUT2D eigenvalue weighted by Gasteiger charge is 2.53. The maximum Gasteiger partial charge on any atom is 0.294 e. The van der Waals surface area contributed by atoms with Crippen molar-refractivity contribution in [1.82, 2.24) is 9.88 Å². The lowest BCUT2D eigenvalue weighted by molar-refractivity contribution is -0.129. The normalized spacial score (nSPS) is 21.1. The molecule has 2 N–H and O–H groups in total. The van der Waals surface area contributed by atoms with Crippen LogP contribution in [0.25, 0.3) is 0 Å². The van der Waals surface area contributed by atoms with Gasteiger partial charge in [0, 0.05) is 37.7 Å². The van der Waals surface area contributed by atoms with Gasteiger partial charge in [-0.3, -0.25) is 14.4 Å². The van der Waals surface area contributed by atoms with Gasteiger partial charge in [0.15, 0.2) is 0 Å². The molecule has 2 heterocycles. The Hall–Kier alpha value is -3.00. The van der Waals surface area contributed by atoms with Crippen LogP contribution in [0.2, 0.25) is 0 Å². The Labute approximate surface area is 199 Å². The molecule has 1 saturated carbocycles. The van der Waals surface area contributed by atoms with Crippen molar-refractivity contribution in [2.45, 2.75) is 53.0 Å². The molecular formula is C26H32FN3O4. The van der Waals surface area contributed by atoms with Crippen LogP contribution >= 0.6 is 0 Å². The predicted molar refractivity (Wildman–Crippen MR) is 127 cm³/mol. The molecule has 2 atom stereocenters. The predicted octanol–water partition coefficient (Wildman–Crippen LogP) is 3.85. The van der Waals surface area contributed by atoms with Crippen molar-refractivity contribution in [1.29, 1.82) is 0 Å². The van der Waals surface area contributed by atoms with Gasteiger partial charge in [0.2, 0.25) is 0 Å². The molecule has 0 unspecified atom stereocenters. The molecule has 1 saturated heterocycles. The number of rotatable bonds is 5. The number of nitrogens with zero attached hydrogens (tertiary/aromatic N) is 1. The number of carbonyl (C=O) groups is 3. The third-order valence-corrected chi connectivity index (χ3v) is 7.99. The first kappa shape index (κ1) is 24.1. The first-order chi connectivity index (χ1) is 16.1. The molecule has 2 fully saturated rings. The number of aromatic nitrogens is 1. The van der Waals surface area contributed by atoms with Gasteiger partial charge in [-0.2, -0.15) is 0 Å². The lowest BCUT2D eigenvalue weighted by atomic mass is 9.53. The lowest BCUT2D eigenvalue weighted by Crippen LogP contribution is -2.62. The summed E-state index contributed by atoms with van der Waals surface area (Å²) in [6, 6.07) is 4.28. The number of carbonyl (C=O) groups excluding carboxylic acids is 3. The van der Waals surface area contributed by atoms with E-state index in [1.165, 1.54) is 12.1 Å². The average Bonchev–Trinajstić information content (AvgIpc) is 3.04. The standard InChI is InChI=1S/C26H32FN3O4/c1-14-12-18(6-7-19(14)27)28-24(32)21-16(3)22(30(5)17(21)4)23(31)25(33)29-20-13-15(2)26(20)8-10-34-11-9-26/h6-7,12,15,20H,8-11,13H2,1-5H3,(H,28,32)(H,29,33)/t15-,20-/m0/s1. The first-order valence-electron chi connectivity index (χ1n) is 11.7. The van der Waals surface area contributed by atoms with Crippen LogP contribution in [-0.4, -0.2) is 41.4 Å². The number of halogens is 1. The second-order valence-corrected chi connectivity index (χ2v) is 9.75. The Balaban J connectivity index is 1.53. The molecule has 7 nitrogen and oxygen atoms in total. The Morgan fingerprint density at radius 3 is 2.44 bits per heavy atom. The van der Waals surface area contributed by atoms with Gasteiger partial charge in [-0.05, 0) is 80.7 Å². The number of ether oxygens (including phenoxy) is 1. The molecule has 1 aromatic carbocycles. The summed E-state index contributed by atoms with van der Waals surface area (Å²) in [5.41, 5.74) is 2.41. The Bertz CT molecular complexity index is 1160. The number of hydrogen-bond donors (Lipinski definition) is 2. The van der Waals surface area contributed by atoms with Gasteiger partial charge in [-0.15, -0.1) is 0 Å². The molecule has 8 heteroatoms. The summed E-state index contributed by atoms with van der Waals surface area (Å²) in [4.78, 5) is 39.2. The van der Waals surface area contributed by atoms with E-state index in [0.29, 0.717) is 47.2 Å². The number of anilines is 1. The highest BCUT2D eigenvalue weighted by atomic mass is 19.1. The zero-order chi connectivity index (χ0) is 24.8. The number of nitrogens with one attached hydrogen (secondary N) is 2. The van der Waals surface area contributed by atoms with E-state index in [-0.39, 0.29) is 23.0 Å². The summed E-state index contributed by atoms with van der Waals surface area (Å²) in [6.45, 7) is 8.56. The summed E-state index contributed by atoms with van der Waals surface area (Å²) in [5, 5.41) is 5.74. The molecule has 1 spiro atoms. The van der Waals surface area contributed by atoms with Crippen molar-refractivity contribution in [3.8, 4) is 0 Å².